The number of nitro groups is 2. The number of hydrogen-bond donors (Lipinski definition) is 2. The fourth-order valence-corrected chi connectivity index (χ4v) is 6.01. The van der Waals surface area contributed by atoms with Crippen molar-refractivity contribution in [1.82, 2.24) is 0 Å². The molecule has 14 heteroatoms. The van der Waals surface area contributed by atoms with E-state index in [1.54, 1.807) is 80.6 Å². The monoisotopic (exact) mass is 822 g/mol. The lowest BCUT2D eigenvalue weighted by Crippen LogP contribution is -2.25. The quantitative estimate of drug-likeness (QED) is 0.0299. The van der Waals surface area contributed by atoms with Gasteiger partial charge in [-0.2, -0.15) is 0 Å². The van der Waals surface area contributed by atoms with Crippen LogP contribution >= 0.6 is 0 Å². The predicted octanol–water partition coefficient (Wildman–Crippen LogP) is 11.4. The number of non-ortho nitro benzene ring substituents is 1. The Morgan fingerprint density at radius 3 is 1.57 bits per heavy atom. The van der Waals surface area contributed by atoms with E-state index in [2.05, 4.69) is 12.1 Å². The van der Waals surface area contributed by atoms with Gasteiger partial charge >= 0.3 is 11.9 Å². The molecular formula is C46H54N4O10. The third-order valence-electron chi connectivity index (χ3n) is 9.49. The number of nitrogens with zero attached hydrogens (tertiary/aromatic N) is 3. The summed E-state index contributed by atoms with van der Waals surface area (Å²) in [5, 5.41) is 41.8. The highest BCUT2D eigenvalue weighted by Crippen LogP contribution is 2.30. The fraction of sp³-hybridized carbons (Fsp3) is 0.348. The van der Waals surface area contributed by atoms with Crippen LogP contribution in [-0.2, 0) is 14.4 Å². The number of carboxylic acids is 1. The molecule has 0 amide bonds. The summed E-state index contributed by atoms with van der Waals surface area (Å²) in [5.41, 5.74) is 4.16. The SMILES string of the molecule is CCC(=O)O.CCCC(CC)/C(=N/OC(=O)CC)C(=O)c1ccc(-c2ccccc2[N+](=O)[O-])cc1.CCCC(CC)C(=N)C(=O)c1ccc(-c2ccc([N+](=O)[O-])cc2)cc1. The van der Waals surface area contributed by atoms with Gasteiger partial charge in [-0.3, -0.25) is 34.6 Å². The van der Waals surface area contributed by atoms with Gasteiger partial charge in [0.2, 0.25) is 11.6 Å². The predicted molar refractivity (Wildman–Crippen MR) is 233 cm³/mol. The third kappa shape index (κ3) is 14.9. The van der Waals surface area contributed by atoms with Crippen LogP contribution in [0.1, 0.15) is 114 Å². The Bertz CT molecular complexity index is 2110. The zero-order chi connectivity index (χ0) is 44.8. The number of carboxylic acid groups (broad SMARTS) is 1. The van der Waals surface area contributed by atoms with E-state index in [9.17, 15) is 39.4 Å². The molecule has 0 saturated heterocycles. The van der Waals surface area contributed by atoms with Crippen molar-refractivity contribution in [2.75, 3.05) is 0 Å². The highest BCUT2D eigenvalue weighted by Gasteiger charge is 2.25. The molecule has 0 fully saturated rings. The second-order valence-electron chi connectivity index (χ2n) is 13.6. The summed E-state index contributed by atoms with van der Waals surface area (Å²) < 4.78 is 0. The molecule has 0 aliphatic rings. The summed E-state index contributed by atoms with van der Waals surface area (Å²) in [4.78, 5) is 72.5. The van der Waals surface area contributed by atoms with Crippen LogP contribution in [0.4, 0.5) is 11.4 Å². The first-order valence-corrected chi connectivity index (χ1v) is 20.0. The number of nitro benzene ring substituents is 2. The van der Waals surface area contributed by atoms with E-state index < -0.39 is 21.8 Å². The fourth-order valence-electron chi connectivity index (χ4n) is 6.01. The average Bonchev–Trinajstić information content (AvgIpc) is 3.27. The maximum Gasteiger partial charge on any atom is 0.334 e. The number of para-hydroxylation sites is 1. The lowest BCUT2D eigenvalue weighted by atomic mass is 9.89. The van der Waals surface area contributed by atoms with Gasteiger partial charge in [0, 0.05) is 54.0 Å². The van der Waals surface area contributed by atoms with Crippen molar-refractivity contribution >= 4 is 46.3 Å². The summed E-state index contributed by atoms with van der Waals surface area (Å²) in [6.07, 6.45) is 5.28. The third-order valence-corrected chi connectivity index (χ3v) is 9.49. The summed E-state index contributed by atoms with van der Waals surface area (Å²) in [7, 11) is 0. The second-order valence-corrected chi connectivity index (χ2v) is 13.6. The van der Waals surface area contributed by atoms with Crippen molar-refractivity contribution in [3.05, 3.63) is 128 Å². The molecular weight excluding hydrogens is 769 g/mol. The molecule has 2 unspecified atom stereocenters. The minimum atomic E-state index is -0.745. The van der Waals surface area contributed by atoms with Gasteiger partial charge in [-0.25, -0.2) is 4.79 Å². The van der Waals surface area contributed by atoms with Crippen LogP contribution < -0.4 is 0 Å². The van der Waals surface area contributed by atoms with Gasteiger partial charge < -0.3 is 15.4 Å². The van der Waals surface area contributed by atoms with Crippen LogP contribution in [0.15, 0.2) is 102 Å². The Kier molecular flexibility index (Phi) is 21.1. The maximum absolute atomic E-state index is 13.1. The smallest absolute Gasteiger partial charge is 0.334 e. The molecule has 60 heavy (non-hydrogen) atoms. The topological polar surface area (TPSA) is 220 Å². The highest BCUT2D eigenvalue weighted by molar-refractivity contribution is 6.46. The minimum Gasteiger partial charge on any atom is -0.481 e. The molecule has 0 heterocycles. The van der Waals surface area contributed by atoms with Crippen LogP contribution in [0.3, 0.4) is 0 Å². The first-order chi connectivity index (χ1) is 28.7. The molecule has 318 valence electrons. The number of Topliss-reactive ketones (excluding diaryl/α,β-unsaturated/α-hetero) is 2. The number of hydrogen-bond acceptors (Lipinski definition) is 11. The van der Waals surface area contributed by atoms with Crippen molar-refractivity contribution in [3.8, 4) is 22.3 Å². The number of aliphatic carboxylic acids is 1. The zero-order valence-corrected chi connectivity index (χ0v) is 35.0. The molecule has 4 rings (SSSR count). The van der Waals surface area contributed by atoms with E-state index in [-0.39, 0.29) is 59.0 Å². The van der Waals surface area contributed by atoms with Crippen LogP contribution in [0.25, 0.3) is 22.3 Å². The van der Waals surface area contributed by atoms with E-state index in [0.29, 0.717) is 28.7 Å². The number of ketones is 2. The lowest BCUT2D eigenvalue weighted by Gasteiger charge is -2.15. The molecule has 4 aromatic carbocycles. The number of oxime groups is 1. The Morgan fingerprint density at radius 2 is 1.12 bits per heavy atom. The molecule has 0 aromatic heterocycles. The van der Waals surface area contributed by atoms with Gasteiger partial charge in [0.1, 0.15) is 5.71 Å². The van der Waals surface area contributed by atoms with E-state index in [1.165, 1.54) is 18.2 Å². The Hall–Kier alpha value is -6.70. The van der Waals surface area contributed by atoms with Gasteiger partial charge in [0.05, 0.1) is 21.1 Å². The molecule has 2 N–H and O–H groups in total. The summed E-state index contributed by atoms with van der Waals surface area (Å²) in [5.74, 6) is -1.90. The molecule has 0 aliphatic carbocycles. The van der Waals surface area contributed by atoms with Crippen LogP contribution in [-0.4, -0.2) is 49.9 Å². The van der Waals surface area contributed by atoms with Crippen LogP contribution in [0.5, 0.6) is 0 Å². The van der Waals surface area contributed by atoms with E-state index in [1.807, 2.05) is 32.9 Å². The van der Waals surface area contributed by atoms with Crippen molar-refractivity contribution in [2.24, 2.45) is 17.0 Å². The highest BCUT2D eigenvalue weighted by atomic mass is 16.7. The lowest BCUT2D eigenvalue weighted by molar-refractivity contribution is -0.384. The van der Waals surface area contributed by atoms with Crippen molar-refractivity contribution in [2.45, 2.75) is 92.9 Å². The number of nitrogens with one attached hydrogen (secondary N) is 1. The standard InChI is InChI=1S/C23H26N2O5.C20H22N2O3.C3H6O2/c1-4-9-16(5-2)22(24-30-21(26)6-3)23(27)18-14-12-17(13-15-18)19-10-7-8-11-20(19)25(28)29;1-3-5-14(4-2)19(21)20(23)17-8-6-15(7-9-17)16-10-12-18(13-11-16)22(24)25;1-2-3(4)5/h7-8,10-16H,4-6,9H2,1-3H3;6-14,21H,3-5H2,1-2H3;2H2,1H3,(H,4,5)/b24-22-;;. The maximum atomic E-state index is 13.1. The van der Waals surface area contributed by atoms with Crippen LogP contribution in [0.2, 0.25) is 0 Å². The average molecular weight is 823 g/mol. The van der Waals surface area contributed by atoms with Gasteiger partial charge in [0.25, 0.3) is 11.4 Å². The zero-order valence-electron chi connectivity index (χ0n) is 35.0. The second kappa shape index (κ2) is 25.6. The molecule has 2 atom stereocenters. The first-order valence-electron chi connectivity index (χ1n) is 20.0. The van der Waals surface area contributed by atoms with Gasteiger partial charge in [-0.05, 0) is 60.6 Å². The number of carbonyl (C=O) groups is 4. The molecule has 4 aromatic rings. The Balaban J connectivity index is 0.000000376. The number of benzene rings is 4. The van der Waals surface area contributed by atoms with E-state index in [0.717, 1.165) is 43.2 Å². The van der Waals surface area contributed by atoms with Gasteiger partial charge in [-0.1, -0.05) is 120 Å². The number of rotatable bonds is 19. The molecule has 14 nitrogen and oxygen atoms in total. The molecule has 0 bridgehead atoms. The molecule has 0 spiro atoms. The summed E-state index contributed by atoms with van der Waals surface area (Å²) in [6, 6.07) is 26.4. The number of carbonyl (C=O) groups excluding carboxylic acids is 3. The van der Waals surface area contributed by atoms with Gasteiger partial charge in [-0.15, -0.1) is 0 Å². The Labute approximate surface area is 350 Å². The van der Waals surface area contributed by atoms with Crippen molar-refractivity contribution < 1.29 is 39.0 Å². The van der Waals surface area contributed by atoms with E-state index >= 15 is 0 Å². The molecule has 0 radical (unpaired) electrons. The normalized spacial score (nSPS) is 11.7. The first kappa shape index (κ1) is 49.4. The summed E-state index contributed by atoms with van der Waals surface area (Å²) >= 11 is 0. The van der Waals surface area contributed by atoms with Crippen molar-refractivity contribution in [1.29, 1.82) is 5.41 Å². The van der Waals surface area contributed by atoms with Crippen LogP contribution in [0, 0.1) is 37.5 Å². The van der Waals surface area contributed by atoms with Crippen molar-refractivity contribution in [3.63, 3.8) is 0 Å². The largest absolute Gasteiger partial charge is 0.481 e. The molecule has 0 saturated carbocycles. The van der Waals surface area contributed by atoms with Gasteiger partial charge in [0.15, 0.2) is 0 Å². The molecule has 0 aliphatic heterocycles. The minimum absolute atomic E-state index is 0.000649. The summed E-state index contributed by atoms with van der Waals surface area (Å²) in [6.45, 7) is 11.3. The Morgan fingerprint density at radius 1 is 0.650 bits per heavy atom. The van der Waals surface area contributed by atoms with E-state index in [4.69, 9.17) is 15.4 Å².